The van der Waals surface area contributed by atoms with Crippen molar-refractivity contribution in [1.29, 1.82) is 0 Å². The van der Waals surface area contributed by atoms with E-state index in [1.54, 1.807) is 0 Å². The largest absolute Gasteiger partial charge is 0.397 e. The van der Waals surface area contributed by atoms with Crippen molar-refractivity contribution >= 4 is 21.8 Å². The highest BCUT2D eigenvalue weighted by Gasteiger charge is 1.97. The molecule has 3 nitrogen and oxygen atoms in total. The van der Waals surface area contributed by atoms with Crippen LogP contribution in [0.2, 0.25) is 0 Å². The van der Waals surface area contributed by atoms with Crippen molar-refractivity contribution < 1.29 is 4.84 Å². The van der Waals surface area contributed by atoms with Crippen LogP contribution in [0.3, 0.4) is 0 Å². The van der Waals surface area contributed by atoms with Crippen molar-refractivity contribution in [2.45, 2.75) is 0 Å². The van der Waals surface area contributed by atoms with Crippen molar-refractivity contribution in [2.24, 2.45) is 10.9 Å². The molecule has 0 unspecified atom stereocenters. The lowest BCUT2D eigenvalue weighted by Gasteiger charge is -1.99. The zero-order chi connectivity index (χ0) is 8.97. The number of rotatable bonds is 2. The molecule has 0 aliphatic heterocycles. The Morgan fingerprint density at radius 1 is 1.58 bits per heavy atom. The van der Waals surface area contributed by atoms with E-state index in [9.17, 15) is 0 Å². The molecular weight excluding hydrogens is 220 g/mol. The number of oxime groups is 1. The van der Waals surface area contributed by atoms with Gasteiger partial charge >= 0.3 is 0 Å². The van der Waals surface area contributed by atoms with Crippen LogP contribution in [0.25, 0.3) is 0 Å². The van der Waals surface area contributed by atoms with E-state index >= 15 is 0 Å². The van der Waals surface area contributed by atoms with Gasteiger partial charge in [-0.2, -0.15) is 0 Å². The molecule has 1 aromatic rings. The summed E-state index contributed by atoms with van der Waals surface area (Å²) in [6.45, 7) is 0. The summed E-state index contributed by atoms with van der Waals surface area (Å²) in [7, 11) is 1.46. The van der Waals surface area contributed by atoms with E-state index in [0.717, 1.165) is 10.0 Å². The smallest absolute Gasteiger partial charge is 0.170 e. The molecule has 0 atom stereocenters. The fraction of sp³-hybridized carbons (Fsp3) is 0.125. The molecule has 1 aromatic carbocycles. The van der Waals surface area contributed by atoms with E-state index in [2.05, 4.69) is 25.9 Å². The van der Waals surface area contributed by atoms with Gasteiger partial charge in [-0.15, -0.1) is 0 Å². The van der Waals surface area contributed by atoms with Gasteiger partial charge in [0.25, 0.3) is 0 Å². The van der Waals surface area contributed by atoms with Gasteiger partial charge in [-0.05, 0) is 12.1 Å². The fourth-order valence-corrected chi connectivity index (χ4v) is 1.20. The Bertz CT molecular complexity index is 299. The van der Waals surface area contributed by atoms with Gasteiger partial charge in [0.2, 0.25) is 0 Å². The summed E-state index contributed by atoms with van der Waals surface area (Å²) in [5.74, 6) is 0.374. The van der Waals surface area contributed by atoms with Crippen molar-refractivity contribution in [1.82, 2.24) is 0 Å². The third-order valence-electron chi connectivity index (χ3n) is 1.31. The third-order valence-corrected chi connectivity index (χ3v) is 1.80. The Hall–Kier alpha value is -1.03. The number of nitrogens with two attached hydrogens (primary N) is 1. The van der Waals surface area contributed by atoms with Gasteiger partial charge in [0.15, 0.2) is 5.84 Å². The number of hydrogen-bond acceptors (Lipinski definition) is 2. The molecule has 0 heterocycles. The Morgan fingerprint density at radius 3 is 2.92 bits per heavy atom. The van der Waals surface area contributed by atoms with Gasteiger partial charge in [-0.3, -0.25) is 0 Å². The zero-order valence-corrected chi connectivity index (χ0v) is 8.21. The van der Waals surface area contributed by atoms with Gasteiger partial charge in [0.1, 0.15) is 7.11 Å². The van der Waals surface area contributed by atoms with Gasteiger partial charge in [-0.1, -0.05) is 33.2 Å². The van der Waals surface area contributed by atoms with Gasteiger partial charge in [0.05, 0.1) is 0 Å². The number of nitrogens with zero attached hydrogens (tertiary/aromatic N) is 1. The first-order valence-corrected chi connectivity index (χ1v) is 4.16. The highest BCUT2D eigenvalue weighted by atomic mass is 79.9. The standard InChI is InChI=1S/C8H9BrN2O/c1-12-11-8(10)6-3-2-4-7(9)5-6/h2-5H,1H3,(H2,10,11). The Morgan fingerprint density at radius 2 is 2.33 bits per heavy atom. The second-order valence-corrected chi connectivity index (χ2v) is 3.09. The lowest BCUT2D eigenvalue weighted by molar-refractivity contribution is 0.213. The molecule has 0 fully saturated rings. The molecule has 1 rings (SSSR count). The van der Waals surface area contributed by atoms with Crippen molar-refractivity contribution in [2.75, 3.05) is 7.11 Å². The summed E-state index contributed by atoms with van der Waals surface area (Å²) in [4.78, 5) is 4.55. The molecule has 12 heavy (non-hydrogen) atoms. The lowest BCUT2D eigenvalue weighted by atomic mass is 10.2. The molecule has 0 saturated carbocycles. The van der Waals surface area contributed by atoms with Crippen LogP contribution in [0.15, 0.2) is 33.9 Å². The van der Waals surface area contributed by atoms with Gasteiger partial charge in [-0.25, -0.2) is 0 Å². The minimum absolute atomic E-state index is 0.374. The molecule has 0 amide bonds. The minimum atomic E-state index is 0.374. The van der Waals surface area contributed by atoms with Crippen LogP contribution in [-0.2, 0) is 4.84 Å². The minimum Gasteiger partial charge on any atom is -0.397 e. The second-order valence-electron chi connectivity index (χ2n) is 2.17. The van der Waals surface area contributed by atoms with Crippen molar-refractivity contribution in [3.8, 4) is 0 Å². The van der Waals surface area contributed by atoms with Crippen LogP contribution in [0, 0.1) is 0 Å². The number of hydrogen-bond donors (Lipinski definition) is 1. The second kappa shape index (κ2) is 4.11. The van der Waals surface area contributed by atoms with Crippen LogP contribution in [0.1, 0.15) is 5.56 Å². The Labute approximate surface area is 79.3 Å². The normalized spacial score (nSPS) is 11.3. The molecule has 0 saturated heterocycles. The molecule has 0 aliphatic rings. The van der Waals surface area contributed by atoms with E-state index in [-0.39, 0.29) is 0 Å². The highest BCUT2D eigenvalue weighted by molar-refractivity contribution is 9.10. The topological polar surface area (TPSA) is 47.6 Å². The van der Waals surface area contributed by atoms with E-state index in [4.69, 9.17) is 5.73 Å². The number of amidine groups is 1. The molecule has 0 radical (unpaired) electrons. The maximum Gasteiger partial charge on any atom is 0.170 e. The molecule has 2 N–H and O–H groups in total. The quantitative estimate of drug-likeness (QED) is 0.476. The Balaban J connectivity index is 2.95. The number of benzene rings is 1. The summed E-state index contributed by atoms with van der Waals surface area (Å²) in [6.07, 6.45) is 0. The summed E-state index contributed by atoms with van der Waals surface area (Å²) < 4.78 is 0.967. The van der Waals surface area contributed by atoms with Crippen molar-refractivity contribution in [3.63, 3.8) is 0 Å². The van der Waals surface area contributed by atoms with E-state index in [1.807, 2.05) is 24.3 Å². The van der Waals surface area contributed by atoms with Crippen LogP contribution in [0.4, 0.5) is 0 Å². The first-order valence-electron chi connectivity index (χ1n) is 3.36. The summed E-state index contributed by atoms with van der Waals surface area (Å²) in [5, 5.41) is 3.61. The van der Waals surface area contributed by atoms with Crippen LogP contribution in [-0.4, -0.2) is 12.9 Å². The van der Waals surface area contributed by atoms with Gasteiger partial charge < -0.3 is 10.6 Å². The van der Waals surface area contributed by atoms with Crippen LogP contribution < -0.4 is 5.73 Å². The summed E-state index contributed by atoms with van der Waals surface area (Å²) >= 11 is 3.33. The highest BCUT2D eigenvalue weighted by Crippen LogP contribution is 2.11. The zero-order valence-electron chi connectivity index (χ0n) is 6.62. The van der Waals surface area contributed by atoms with E-state index < -0.39 is 0 Å². The first-order chi connectivity index (χ1) is 5.74. The van der Waals surface area contributed by atoms with Crippen molar-refractivity contribution in [3.05, 3.63) is 34.3 Å². The Kier molecular flexibility index (Phi) is 3.10. The fourth-order valence-electron chi connectivity index (χ4n) is 0.799. The summed E-state index contributed by atoms with van der Waals surface area (Å²) in [5.41, 5.74) is 6.42. The maximum atomic E-state index is 5.58. The number of halogens is 1. The van der Waals surface area contributed by atoms with Crippen LogP contribution >= 0.6 is 15.9 Å². The SMILES string of the molecule is CO/N=C(\N)c1cccc(Br)c1. The molecule has 0 bridgehead atoms. The predicted octanol–water partition coefficient (Wildman–Crippen LogP) is 1.72. The molecule has 4 heteroatoms. The van der Waals surface area contributed by atoms with Gasteiger partial charge in [0, 0.05) is 10.0 Å². The lowest BCUT2D eigenvalue weighted by Crippen LogP contribution is -2.13. The molecule has 0 spiro atoms. The molecule has 0 aromatic heterocycles. The summed E-state index contributed by atoms with van der Waals surface area (Å²) in [6, 6.07) is 7.54. The maximum absolute atomic E-state index is 5.58. The average molecular weight is 229 g/mol. The van der Waals surface area contributed by atoms with E-state index in [1.165, 1.54) is 7.11 Å². The first kappa shape index (κ1) is 9.06. The van der Waals surface area contributed by atoms with Crippen LogP contribution in [0.5, 0.6) is 0 Å². The third kappa shape index (κ3) is 2.23. The average Bonchev–Trinajstić information content (AvgIpc) is 2.05. The van der Waals surface area contributed by atoms with E-state index in [0.29, 0.717) is 5.84 Å². The molecule has 0 aliphatic carbocycles. The molecular formula is C8H9BrN2O. The molecule has 64 valence electrons. The monoisotopic (exact) mass is 228 g/mol. The predicted molar refractivity (Wildman–Crippen MR) is 51.9 cm³/mol.